The van der Waals surface area contributed by atoms with Gasteiger partial charge in [0.2, 0.25) is 0 Å². The number of hydrogen-bond acceptors (Lipinski definition) is 6. The molecule has 2 aromatic rings. The lowest BCUT2D eigenvalue weighted by atomic mass is 10.2. The van der Waals surface area contributed by atoms with Gasteiger partial charge in [-0.3, -0.25) is 14.5 Å². The molecule has 1 amide bonds. The molecule has 1 unspecified atom stereocenters. The minimum Gasteiger partial charge on any atom is -0.481 e. The zero-order chi connectivity index (χ0) is 20.4. The van der Waals surface area contributed by atoms with E-state index in [2.05, 4.69) is 0 Å². The molecule has 3 rings (SSSR count). The predicted molar refractivity (Wildman–Crippen MR) is 103 cm³/mol. The molecule has 1 aromatic heterocycles. The van der Waals surface area contributed by atoms with E-state index in [1.54, 1.807) is 24.3 Å². The largest absolute Gasteiger partial charge is 0.481 e. The van der Waals surface area contributed by atoms with Crippen molar-refractivity contribution >= 4 is 52.2 Å². The van der Waals surface area contributed by atoms with Crippen LogP contribution in [0.4, 0.5) is 4.39 Å². The van der Waals surface area contributed by atoms with Crippen molar-refractivity contribution in [3.05, 3.63) is 52.9 Å². The summed E-state index contributed by atoms with van der Waals surface area (Å²) < 4.78 is 18.6. The summed E-state index contributed by atoms with van der Waals surface area (Å²) in [4.78, 5) is 35.8. The smallest absolute Gasteiger partial charge is 0.327 e. The van der Waals surface area contributed by atoms with Gasteiger partial charge in [-0.05, 0) is 36.4 Å². The van der Waals surface area contributed by atoms with Crippen LogP contribution < -0.4 is 0 Å². The summed E-state index contributed by atoms with van der Waals surface area (Å²) in [5, 5.41) is 18.1. The molecule has 28 heavy (non-hydrogen) atoms. The molecule has 1 aliphatic rings. The third-order valence-corrected chi connectivity index (χ3v) is 5.15. The molecule has 10 heteroatoms. The number of carboxylic acid groups (broad SMARTS) is 2. The van der Waals surface area contributed by atoms with Crippen LogP contribution in [0.5, 0.6) is 0 Å². The van der Waals surface area contributed by atoms with Crippen LogP contribution in [0.1, 0.15) is 12.2 Å². The van der Waals surface area contributed by atoms with Crippen molar-refractivity contribution in [3.63, 3.8) is 0 Å². The molecule has 1 saturated heterocycles. The van der Waals surface area contributed by atoms with Gasteiger partial charge < -0.3 is 14.6 Å². The van der Waals surface area contributed by atoms with E-state index in [1.165, 1.54) is 18.2 Å². The molecule has 144 valence electrons. The van der Waals surface area contributed by atoms with E-state index in [1.807, 2.05) is 0 Å². The summed E-state index contributed by atoms with van der Waals surface area (Å²) in [5.74, 6) is -3.14. The Morgan fingerprint density at radius 1 is 1.21 bits per heavy atom. The maximum Gasteiger partial charge on any atom is 0.327 e. The Morgan fingerprint density at radius 3 is 2.50 bits per heavy atom. The van der Waals surface area contributed by atoms with Crippen molar-refractivity contribution in [1.29, 1.82) is 0 Å². The van der Waals surface area contributed by atoms with Crippen LogP contribution in [0.15, 0.2) is 45.7 Å². The van der Waals surface area contributed by atoms with Crippen LogP contribution in [0.3, 0.4) is 0 Å². The lowest BCUT2D eigenvalue weighted by molar-refractivity contribution is -0.150. The van der Waals surface area contributed by atoms with E-state index in [-0.39, 0.29) is 15.0 Å². The SMILES string of the molecule is O=C(O)CC(C(=O)O)N1C(=O)/C(=C\c2ccc(-c3ccc(F)cc3)o2)SC1=S. The number of hydrogen-bond donors (Lipinski definition) is 2. The molecule has 1 aromatic carbocycles. The first kappa shape index (κ1) is 19.8. The van der Waals surface area contributed by atoms with Crippen LogP contribution in [-0.2, 0) is 14.4 Å². The van der Waals surface area contributed by atoms with Crippen molar-refractivity contribution in [2.45, 2.75) is 12.5 Å². The number of aliphatic carboxylic acids is 2. The second kappa shape index (κ2) is 7.95. The van der Waals surface area contributed by atoms with Gasteiger partial charge in [-0.15, -0.1) is 0 Å². The van der Waals surface area contributed by atoms with Crippen molar-refractivity contribution < 1.29 is 33.4 Å². The standard InChI is InChI=1S/C18H12FNO6S2/c19-10-3-1-9(2-4-10)13-6-5-11(26-13)7-14-16(23)20(18(27)28-14)12(17(24)25)8-15(21)22/h1-7,12H,8H2,(H,21,22)(H,24,25)/b14-7+. The Hall–Kier alpha value is -2.98. The minimum atomic E-state index is -1.60. The van der Waals surface area contributed by atoms with Crippen molar-refractivity contribution in [3.8, 4) is 11.3 Å². The summed E-state index contributed by atoms with van der Waals surface area (Å²) in [6, 6.07) is 7.30. The molecule has 1 atom stereocenters. The highest BCUT2D eigenvalue weighted by Crippen LogP contribution is 2.35. The van der Waals surface area contributed by atoms with Gasteiger partial charge >= 0.3 is 11.9 Å². The summed E-state index contributed by atoms with van der Waals surface area (Å²) in [5.41, 5.74) is 0.640. The topological polar surface area (TPSA) is 108 Å². The number of carboxylic acids is 2. The fourth-order valence-electron chi connectivity index (χ4n) is 2.53. The van der Waals surface area contributed by atoms with E-state index in [9.17, 15) is 23.9 Å². The Labute approximate surface area is 167 Å². The Balaban J connectivity index is 1.85. The number of furan rings is 1. The summed E-state index contributed by atoms with van der Waals surface area (Å²) in [6.07, 6.45) is 0.622. The molecule has 1 aliphatic heterocycles. The summed E-state index contributed by atoms with van der Waals surface area (Å²) in [7, 11) is 0. The van der Waals surface area contributed by atoms with Crippen molar-refractivity contribution in [1.82, 2.24) is 4.90 Å². The van der Waals surface area contributed by atoms with Gasteiger partial charge in [0.05, 0.1) is 11.3 Å². The average Bonchev–Trinajstić information content (AvgIpc) is 3.19. The van der Waals surface area contributed by atoms with Crippen LogP contribution in [0.25, 0.3) is 17.4 Å². The molecule has 0 bridgehead atoms. The third-order valence-electron chi connectivity index (χ3n) is 3.82. The number of thioether (sulfide) groups is 1. The molecular formula is C18H12FNO6S2. The Bertz CT molecular complexity index is 998. The van der Waals surface area contributed by atoms with E-state index < -0.39 is 30.3 Å². The molecule has 7 nitrogen and oxygen atoms in total. The molecular weight excluding hydrogens is 409 g/mol. The second-order valence-corrected chi connectivity index (χ2v) is 7.39. The number of carbonyl (C=O) groups excluding carboxylic acids is 1. The van der Waals surface area contributed by atoms with Crippen molar-refractivity contribution in [2.24, 2.45) is 0 Å². The van der Waals surface area contributed by atoms with E-state index >= 15 is 0 Å². The number of halogens is 1. The number of thiocarbonyl (C=S) groups is 1. The van der Waals surface area contributed by atoms with E-state index in [0.717, 1.165) is 16.7 Å². The fourth-order valence-corrected chi connectivity index (χ4v) is 3.87. The first-order chi connectivity index (χ1) is 13.3. The Kier molecular flexibility index (Phi) is 5.61. The molecule has 0 aliphatic carbocycles. The minimum absolute atomic E-state index is 0.0461. The average molecular weight is 421 g/mol. The highest BCUT2D eigenvalue weighted by atomic mass is 32.2. The molecule has 0 saturated carbocycles. The summed E-state index contributed by atoms with van der Waals surface area (Å²) in [6.45, 7) is 0. The van der Waals surface area contributed by atoms with Gasteiger partial charge in [-0.25, -0.2) is 9.18 Å². The Morgan fingerprint density at radius 2 is 1.89 bits per heavy atom. The van der Waals surface area contributed by atoms with Gasteiger partial charge in [0.15, 0.2) is 0 Å². The molecule has 0 spiro atoms. The highest BCUT2D eigenvalue weighted by Gasteiger charge is 2.41. The first-order valence-corrected chi connectivity index (χ1v) is 9.06. The predicted octanol–water partition coefficient (Wildman–Crippen LogP) is 3.21. The maximum atomic E-state index is 13.0. The van der Waals surface area contributed by atoms with Crippen LogP contribution >= 0.6 is 24.0 Å². The van der Waals surface area contributed by atoms with Crippen molar-refractivity contribution in [2.75, 3.05) is 0 Å². The quantitative estimate of drug-likeness (QED) is 0.541. The summed E-state index contributed by atoms with van der Waals surface area (Å²) >= 11 is 5.92. The number of benzene rings is 1. The lowest BCUT2D eigenvalue weighted by Crippen LogP contribution is -2.45. The number of nitrogens with zero attached hydrogens (tertiary/aromatic N) is 1. The van der Waals surface area contributed by atoms with Crippen LogP contribution in [0, 0.1) is 5.82 Å². The van der Waals surface area contributed by atoms with E-state index in [0.29, 0.717) is 17.1 Å². The first-order valence-electron chi connectivity index (χ1n) is 7.83. The van der Waals surface area contributed by atoms with Gasteiger partial charge in [-0.2, -0.15) is 0 Å². The maximum absolute atomic E-state index is 13.0. The third kappa shape index (κ3) is 4.12. The molecule has 2 heterocycles. The lowest BCUT2D eigenvalue weighted by Gasteiger charge is -2.21. The number of carbonyl (C=O) groups is 3. The zero-order valence-corrected chi connectivity index (χ0v) is 15.6. The van der Waals surface area contributed by atoms with E-state index in [4.69, 9.17) is 21.7 Å². The number of rotatable bonds is 6. The van der Waals surface area contributed by atoms with Gasteiger partial charge in [-0.1, -0.05) is 24.0 Å². The van der Waals surface area contributed by atoms with Gasteiger partial charge in [0.1, 0.15) is 27.7 Å². The molecule has 0 radical (unpaired) electrons. The monoisotopic (exact) mass is 421 g/mol. The highest BCUT2D eigenvalue weighted by molar-refractivity contribution is 8.26. The van der Waals surface area contributed by atoms with Crippen LogP contribution in [-0.4, -0.2) is 43.3 Å². The molecule has 2 N–H and O–H groups in total. The zero-order valence-electron chi connectivity index (χ0n) is 14.0. The normalized spacial score (nSPS) is 16.6. The van der Waals surface area contributed by atoms with Gasteiger partial charge in [0, 0.05) is 11.6 Å². The number of amides is 1. The van der Waals surface area contributed by atoms with Gasteiger partial charge in [0.25, 0.3) is 5.91 Å². The fraction of sp³-hybridized carbons (Fsp3) is 0.111. The van der Waals surface area contributed by atoms with Crippen LogP contribution in [0.2, 0.25) is 0 Å². The second-order valence-electron chi connectivity index (χ2n) is 5.71. The molecule has 1 fully saturated rings.